The first kappa shape index (κ1) is 14.1. The molecule has 0 aliphatic carbocycles. The Morgan fingerprint density at radius 3 is 2.48 bits per heavy atom. The van der Waals surface area contributed by atoms with Crippen LogP contribution in [0.4, 0.5) is 15.9 Å². The number of aromatic nitrogens is 1. The third-order valence-corrected chi connectivity index (χ3v) is 4.07. The van der Waals surface area contributed by atoms with Gasteiger partial charge in [-0.15, -0.1) is 11.6 Å². The van der Waals surface area contributed by atoms with E-state index in [1.54, 1.807) is 0 Å². The molecule has 1 saturated heterocycles. The molecule has 0 bridgehead atoms. The largest absolute Gasteiger partial charge is 0.368 e. The summed E-state index contributed by atoms with van der Waals surface area (Å²) in [5.41, 5.74) is 1.88. The van der Waals surface area contributed by atoms with E-state index in [-0.39, 0.29) is 5.82 Å². The predicted molar refractivity (Wildman–Crippen MR) is 84.6 cm³/mol. The minimum absolute atomic E-state index is 0.235. The summed E-state index contributed by atoms with van der Waals surface area (Å²) in [5.74, 6) is 1.10. The van der Waals surface area contributed by atoms with Crippen LogP contribution >= 0.6 is 11.6 Å². The molecule has 1 aromatic heterocycles. The number of hydrogen-bond donors (Lipinski definition) is 0. The Kier molecular flexibility index (Phi) is 4.25. The van der Waals surface area contributed by atoms with Gasteiger partial charge in [0.15, 0.2) is 0 Å². The van der Waals surface area contributed by atoms with E-state index in [9.17, 15) is 4.39 Å². The summed E-state index contributed by atoms with van der Waals surface area (Å²) in [6.45, 7) is 3.56. The molecule has 3 rings (SSSR count). The van der Waals surface area contributed by atoms with Crippen LogP contribution in [-0.2, 0) is 5.88 Å². The van der Waals surface area contributed by atoms with Crippen molar-refractivity contribution in [2.24, 2.45) is 0 Å². The quantitative estimate of drug-likeness (QED) is 0.811. The van der Waals surface area contributed by atoms with Gasteiger partial charge in [-0.2, -0.15) is 0 Å². The van der Waals surface area contributed by atoms with Gasteiger partial charge in [-0.25, -0.2) is 9.37 Å². The average molecular weight is 306 g/mol. The van der Waals surface area contributed by atoms with E-state index in [2.05, 4.69) is 14.8 Å². The maximum atomic E-state index is 13.3. The smallest absolute Gasteiger partial charge is 0.128 e. The summed E-state index contributed by atoms with van der Waals surface area (Å²) >= 11 is 5.93. The van der Waals surface area contributed by atoms with Gasteiger partial charge in [-0.05, 0) is 35.9 Å². The van der Waals surface area contributed by atoms with E-state index in [0.717, 1.165) is 43.2 Å². The van der Waals surface area contributed by atoms with Crippen molar-refractivity contribution in [1.82, 2.24) is 4.98 Å². The summed E-state index contributed by atoms with van der Waals surface area (Å²) in [6, 6.07) is 10.8. The van der Waals surface area contributed by atoms with Crippen LogP contribution in [0.25, 0.3) is 0 Å². The molecular formula is C16H17ClFN3. The molecule has 21 heavy (non-hydrogen) atoms. The van der Waals surface area contributed by atoms with Gasteiger partial charge >= 0.3 is 0 Å². The zero-order valence-corrected chi connectivity index (χ0v) is 12.4. The van der Waals surface area contributed by atoms with Crippen LogP contribution in [0.3, 0.4) is 0 Å². The van der Waals surface area contributed by atoms with Crippen molar-refractivity contribution in [3.63, 3.8) is 0 Å². The molecule has 1 aromatic carbocycles. The molecule has 2 aromatic rings. The van der Waals surface area contributed by atoms with Crippen molar-refractivity contribution >= 4 is 23.1 Å². The highest BCUT2D eigenvalue weighted by Crippen LogP contribution is 2.25. The van der Waals surface area contributed by atoms with Crippen LogP contribution in [0.1, 0.15) is 5.56 Å². The second-order valence-corrected chi connectivity index (χ2v) is 5.34. The second kappa shape index (κ2) is 6.31. The van der Waals surface area contributed by atoms with E-state index in [4.69, 9.17) is 11.6 Å². The first-order valence-corrected chi connectivity index (χ1v) is 7.56. The minimum Gasteiger partial charge on any atom is -0.368 e. The highest BCUT2D eigenvalue weighted by molar-refractivity contribution is 6.17. The minimum atomic E-state index is -0.235. The molecule has 1 fully saturated rings. The van der Waals surface area contributed by atoms with Crippen molar-refractivity contribution in [1.29, 1.82) is 0 Å². The Morgan fingerprint density at radius 2 is 1.81 bits per heavy atom. The number of rotatable bonds is 3. The average Bonchev–Trinajstić information content (AvgIpc) is 2.56. The first-order valence-electron chi connectivity index (χ1n) is 7.03. The number of pyridine rings is 1. The number of alkyl halides is 1. The van der Waals surface area contributed by atoms with Crippen molar-refractivity contribution < 1.29 is 4.39 Å². The standard InChI is InChI=1S/C16H17ClFN3/c17-12-13-11-14(18)4-5-15(13)20-7-9-21(10-8-20)16-3-1-2-6-19-16/h1-6,11H,7-10,12H2. The molecule has 3 nitrogen and oxygen atoms in total. The molecule has 0 radical (unpaired) electrons. The molecule has 0 amide bonds. The van der Waals surface area contributed by atoms with E-state index in [1.807, 2.05) is 30.5 Å². The number of benzene rings is 1. The van der Waals surface area contributed by atoms with Gasteiger partial charge in [0.1, 0.15) is 11.6 Å². The van der Waals surface area contributed by atoms with Gasteiger partial charge in [0, 0.05) is 43.9 Å². The van der Waals surface area contributed by atoms with Gasteiger partial charge in [0.25, 0.3) is 0 Å². The Labute approximate surface area is 129 Å². The monoisotopic (exact) mass is 305 g/mol. The number of halogens is 2. The Bertz CT molecular complexity index is 598. The lowest BCUT2D eigenvalue weighted by Gasteiger charge is -2.37. The van der Waals surface area contributed by atoms with Crippen LogP contribution in [0.2, 0.25) is 0 Å². The van der Waals surface area contributed by atoms with Crippen LogP contribution in [0.15, 0.2) is 42.6 Å². The fourth-order valence-corrected chi connectivity index (χ4v) is 2.90. The number of hydrogen-bond acceptors (Lipinski definition) is 3. The summed E-state index contributed by atoms with van der Waals surface area (Å²) in [6.07, 6.45) is 1.81. The van der Waals surface area contributed by atoms with E-state index in [1.165, 1.54) is 12.1 Å². The topological polar surface area (TPSA) is 19.4 Å². The van der Waals surface area contributed by atoms with Crippen LogP contribution < -0.4 is 9.80 Å². The second-order valence-electron chi connectivity index (χ2n) is 5.07. The fourth-order valence-electron chi connectivity index (χ4n) is 2.69. The molecule has 1 aliphatic rings. The molecule has 110 valence electrons. The summed E-state index contributed by atoms with van der Waals surface area (Å²) in [5, 5.41) is 0. The van der Waals surface area contributed by atoms with Crippen molar-refractivity contribution in [3.05, 3.63) is 54.0 Å². The Balaban J connectivity index is 1.71. The first-order chi connectivity index (χ1) is 10.3. The van der Waals surface area contributed by atoms with Gasteiger partial charge in [-0.3, -0.25) is 0 Å². The van der Waals surface area contributed by atoms with Crippen LogP contribution in [-0.4, -0.2) is 31.2 Å². The normalized spacial score (nSPS) is 15.3. The number of nitrogens with zero attached hydrogens (tertiary/aromatic N) is 3. The zero-order chi connectivity index (χ0) is 14.7. The SMILES string of the molecule is Fc1ccc(N2CCN(c3ccccn3)CC2)c(CCl)c1. The summed E-state index contributed by atoms with van der Waals surface area (Å²) in [4.78, 5) is 8.91. The van der Waals surface area contributed by atoms with Crippen molar-refractivity contribution in [2.75, 3.05) is 36.0 Å². The molecule has 0 unspecified atom stereocenters. The van der Waals surface area contributed by atoms with Gasteiger partial charge in [0.2, 0.25) is 0 Å². The third-order valence-electron chi connectivity index (χ3n) is 3.78. The molecule has 1 aliphatic heterocycles. The van der Waals surface area contributed by atoms with Gasteiger partial charge in [0.05, 0.1) is 0 Å². The zero-order valence-electron chi connectivity index (χ0n) is 11.7. The molecule has 0 spiro atoms. The van der Waals surface area contributed by atoms with Gasteiger partial charge in [-0.1, -0.05) is 6.07 Å². The predicted octanol–water partition coefficient (Wildman–Crippen LogP) is 3.29. The van der Waals surface area contributed by atoms with Crippen molar-refractivity contribution in [2.45, 2.75) is 5.88 Å². The number of piperazine rings is 1. The Hall–Kier alpha value is -1.81. The third kappa shape index (κ3) is 3.10. The molecule has 5 heteroatoms. The lowest BCUT2D eigenvalue weighted by molar-refractivity contribution is 0.622. The lowest BCUT2D eigenvalue weighted by Crippen LogP contribution is -2.47. The molecule has 0 saturated carbocycles. The summed E-state index contributed by atoms with van der Waals surface area (Å²) in [7, 11) is 0. The molecular weight excluding hydrogens is 289 g/mol. The highest BCUT2D eigenvalue weighted by Gasteiger charge is 2.20. The van der Waals surface area contributed by atoms with Crippen LogP contribution in [0.5, 0.6) is 0 Å². The lowest BCUT2D eigenvalue weighted by atomic mass is 10.1. The van der Waals surface area contributed by atoms with E-state index < -0.39 is 0 Å². The summed E-state index contributed by atoms with van der Waals surface area (Å²) < 4.78 is 13.3. The van der Waals surface area contributed by atoms with E-state index in [0.29, 0.717) is 5.88 Å². The number of anilines is 2. The maximum Gasteiger partial charge on any atom is 0.128 e. The van der Waals surface area contributed by atoms with Crippen LogP contribution in [0, 0.1) is 5.82 Å². The van der Waals surface area contributed by atoms with Crippen molar-refractivity contribution in [3.8, 4) is 0 Å². The Morgan fingerprint density at radius 1 is 1.05 bits per heavy atom. The highest BCUT2D eigenvalue weighted by atomic mass is 35.5. The fraction of sp³-hybridized carbons (Fsp3) is 0.312. The molecule has 2 heterocycles. The van der Waals surface area contributed by atoms with E-state index >= 15 is 0 Å². The van der Waals surface area contributed by atoms with Gasteiger partial charge < -0.3 is 9.80 Å². The molecule has 0 N–H and O–H groups in total. The molecule has 0 atom stereocenters. The maximum absolute atomic E-state index is 13.3.